The van der Waals surface area contributed by atoms with Crippen LogP contribution in [0.25, 0.3) is 0 Å². The van der Waals surface area contributed by atoms with Gasteiger partial charge in [0.2, 0.25) is 0 Å². The van der Waals surface area contributed by atoms with Crippen LogP contribution < -0.4 is 10.2 Å². The van der Waals surface area contributed by atoms with Gasteiger partial charge < -0.3 is 26.2 Å². The first-order valence-corrected chi connectivity index (χ1v) is 8.32. The predicted molar refractivity (Wildman–Crippen MR) is 93.7 cm³/mol. The van der Waals surface area contributed by atoms with E-state index in [1.165, 1.54) is 38.2 Å². The van der Waals surface area contributed by atoms with Crippen molar-refractivity contribution in [3.05, 3.63) is 78.8 Å². The molecule has 0 bridgehead atoms. The maximum absolute atomic E-state index is 10.2. The number of aromatic nitrogens is 2. The number of carbonyl (C=O) groups excluding carboxylic acids is 2. The Labute approximate surface area is 172 Å². The molecule has 27 heavy (non-hydrogen) atoms. The molecule has 3 rings (SSSR count). The molecule has 7 heteroatoms. The third-order valence-corrected chi connectivity index (χ3v) is 3.22. The molecule has 1 aliphatic carbocycles. The van der Waals surface area contributed by atoms with Crippen LogP contribution in [0.2, 0.25) is 0 Å². The summed E-state index contributed by atoms with van der Waals surface area (Å²) in [5, 5.41) is 20.4. The van der Waals surface area contributed by atoms with Gasteiger partial charge in [-0.3, -0.25) is 4.98 Å². The van der Waals surface area contributed by atoms with E-state index in [0.29, 0.717) is 0 Å². The molecule has 0 atom stereocenters. The van der Waals surface area contributed by atoms with E-state index in [9.17, 15) is 19.8 Å². The number of rotatable bonds is 2. The standard InChI is InChI=1S/C8H13.C7H5NO4.C5H5N.Ir/c1-2-4-6-8-7-5-3-1;9-6(10)4-2-1-3-5(8-4)7(11)12;1-2-4-6-5-3-1;/h1-2,7H,3-6,8H2;1-3H,(H,9,10)(H,11,12);1-5H;/q-1;;;+3/p-2/b2-1-;;;. The van der Waals surface area contributed by atoms with Crippen LogP contribution in [0.3, 0.4) is 0 Å². The summed E-state index contributed by atoms with van der Waals surface area (Å²) in [6.07, 6.45) is 17.0. The van der Waals surface area contributed by atoms with Gasteiger partial charge in [-0.1, -0.05) is 37.1 Å². The number of allylic oxidation sites excluding steroid dienone is 2. The van der Waals surface area contributed by atoms with Gasteiger partial charge in [0, 0.05) is 12.4 Å². The van der Waals surface area contributed by atoms with Crippen molar-refractivity contribution in [1.82, 2.24) is 9.97 Å². The second-order valence-electron chi connectivity index (χ2n) is 5.28. The SMILES string of the molecule is C1=C\CCC[CH-]CC/1.O=C([O-])c1cccc(C(=O)[O-])n1.[Ir+3].c1ccncc1. The van der Waals surface area contributed by atoms with E-state index in [-0.39, 0.29) is 20.1 Å². The molecule has 0 N–H and O–H groups in total. The topological polar surface area (TPSA) is 106 Å². The Bertz CT molecular complexity index is 627. The monoisotopic (exact) mass is 546 g/mol. The summed E-state index contributed by atoms with van der Waals surface area (Å²) in [5.74, 6) is -3.03. The Kier molecular flexibility index (Phi) is 14.5. The van der Waals surface area contributed by atoms with E-state index < -0.39 is 23.3 Å². The van der Waals surface area contributed by atoms with Crippen molar-refractivity contribution < 1.29 is 39.9 Å². The van der Waals surface area contributed by atoms with Gasteiger partial charge in [-0.15, -0.1) is 0 Å². The molecule has 0 aromatic carbocycles. The van der Waals surface area contributed by atoms with E-state index in [4.69, 9.17) is 0 Å². The van der Waals surface area contributed by atoms with Gasteiger partial charge in [-0.25, -0.2) is 4.98 Å². The van der Waals surface area contributed by atoms with Crippen molar-refractivity contribution in [2.24, 2.45) is 0 Å². The molecule has 144 valence electrons. The third-order valence-electron chi connectivity index (χ3n) is 3.22. The van der Waals surface area contributed by atoms with Gasteiger partial charge in [0.1, 0.15) is 0 Å². The minimum atomic E-state index is -1.52. The Hall–Kier alpha value is -2.37. The molecule has 6 nitrogen and oxygen atoms in total. The Morgan fingerprint density at radius 3 is 1.93 bits per heavy atom. The van der Waals surface area contributed by atoms with Crippen molar-refractivity contribution in [1.29, 1.82) is 0 Å². The molecule has 0 aliphatic heterocycles. The maximum atomic E-state index is 10.2. The normalized spacial score (nSPS) is 13.6. The number of aromatic carboxylic acids is 2. The largest absolute Gasteiger partial charge is 3.00 e. The van der Waals surface area contributed by atoms with Crippen LogP contribution in [0.4, 0.5) is 0 Å². The molecule has 0 fully saturated rings. The maximum Gasteiger partial charge on any atom is 3.00 e. The van der Waals surface area contributed by atoms with Crippen molar-refractivity contribution in [3.63, 3.8) is 0 Å². The number of carbonyl (C=O) groups is 2. The summed E-state index contributed by atoms with van der Waals surface area (Å²) in [6.45, 7) is 0. The molecule has 2 aromatic heterocycles. The molecule has 1 aliphatic rings. The zero-order valence-corrected chi connectivity index (χ0v) is 17.1. The smallest absolute Gasteiger partial charge is 0.543 e. The van der Waals surface area contributed by atoms with E-state index in [1.54, 1.807) is 12.4 Å². The molecular formula is C20H21IrN2O4. The fraction of sp³-hybridized carbons (Fsp3) is 0.250. The zero-order valence-electron chi connectivity index (χ0n) is 14.7. The van der Waals surface area contributed by atoms with Crippen LogP contribution in [0.5, 0.6) is 0 Å². The molecule has 0 amide bonds. The van der Waals surface area contributed by atoms with Crippen molar-refractivity contribution >= 4 is 11.9 Å². The second kappa shape index (κ2) is 15.9. The minimum absolute atomic E-state index is 0. The van der Waals surface area contributed by atoms with Crippen LogP contribution in [-0.4, -0.2) is 21.9 Å². The second-order valence-corrected chi connectivity index (χ2v) is 5.28. The predicted octanol–water partition coefficient (Wildman–Crippen LogP) is 1.60. The van der Waals surface area contributed by atoms with Crippen LogP contribution in [0, 0.1) is 6.42 Å². The van der Waals surface area contributed by atoms with Crippen LogP contribution in [0.15, 0.2) is 60.9 Å². The molecular weight excluding hydrogens is 524 g/mol. The van der Waals surface area contributed by atoms with Gasteiger partial charge in [-0.2, -0.15) is 12.8 Å². The van der Waals surface area contributed by atoms with Crippen molar-refractivity contribution in [3.8, 4) is 0 Å². The molecule has 2 aromatic rings. The number of pyridine rings is 2. The number of hydrogen-bond donors (Lipinski definition) is 0. The molecule has 0 saturated heterocycles. The number of nitrogens with zero attached hydrogens (tertiary/aromatic N) is 2. The van der Waals surface area contributed by atoms with Crippen LogP contribution >= 0.6 is 0 Å². The number of hydrogen-bond acceptors (Lipinski definition) is 6. The third kappa shape index (κ3) is 12.6. The van der Waals surface area contributed by atoms with E-state index >= 15 is 0 Å². The quantitative estimate of drug-likeness (QED) is 0.419. The first-order valence-electron chi connectivity index (χ1n) is 8.32. The van der Waals surface area contributed by atoms with Gasteiger partial charge >= 0.3 is 20.1 Å². The fourth-order valence-electron chi connectivity index (χ4n) is 1.95. The van der Waals surface area contributed by atoms with E-state index in [1.807, 2.05) is 18.2 Å². The van der Waals surface area contributed by atoms with Crippen molar-refractivity contribution in [2.45, 2.75) is 32.1 Å². The van der Waals surface area contributed by atoms with Gasteiger partial charge in [0.25, 0.3) is 0 Å². The summed E-state index contributed by atoms with van der Waals surface area (Å²) < 4.78 is 0. The van der Waals surface area contributed by atoms with Crippen LogP contribution in [0.1, 0.15) is 53.1 Å². The van der Waals surface area contributed by atoms with Gasteiger partial charge in [-0.05, 0) is 30.7 Å². The summed E-state index contributed by atoms with van der Waals surface area (Å²) in [4.78, 5) is 27.4. The summed E-state index contributed by atoms with van der Waals surface area (Å²) in [7, 11) is 0. The molecule has 0 unspecified atom stereocenters. The van der Waals surface area contributed by atoms with Crippen LogP contribution in [-0.2, 0) is 20.1 Å². The minimum Gasteiger partial charge on any atom is -0.543 e. The number of carboxylic acid groups (broad SMARTS) is 2. The first-order chi connectivity index (χ1) is 12.6. The summed E-state index contributed by atoms with van der Waals surface area (Å²) in [6, 6.07) is 9.25. The van der Waals surface area contributed by atoms with E-state index in [0.717, 1.165) is 12.1 Å². The summed E-state index contributed by atoms with van der Waals surface area (Å²) in [5.41, 5.74) is -0.839. The average molecular weight is 546 g/mol. The molecule has 2 heterocycles. The Morgan fingerprint density at radius 2 is 1.44 bits per heavy atom. The van der Waals surface area contributed by atoms with Gasteiger partial charge in [0.15, 0.2) is 0 Å². The zero-order chi connectivity index (χ0) is 19.0. The summed E-state index contributed by atoms with van der Waals surface area (Å²) >= 11 is 0. The first kappa shape index (κ1) is 24.6. The Balaban J connectivity index is 0.000000392. The average Bonchev–Trinajstić information content (AvgIpc) is 2.64. The molecule has 0 spiro atoms. The Morgan fingerprint density at radius 1 is 0.852 bits per heavy atom. The van der Waals surface area contributed by atoms with Gasteiger partial charge in [0.05, 0.1) is 23.3 Å². The van der Waals surface area contributed by atoms with Crippen molar-refractivity contribution in [2.75, 3.05) is 0 Å². The van der Waals surface area contributed by atoms with E-state index in [2.05, 4.69) is 28.5 Å². The fourth-order valence-corrected chi connectivity index (χ4v) is 1.95. The number of carboxylic acids is 2. The molecule has 0 saturated carbocycles. The molecule has 0 radical (unpaired) electrons.